The monoisotopic (exact) mass is 2060 g/mol. The molecule has 0 aliphatic heterocycles. The SMILES string of the molecule is [2H]c1c([2H])c(C([2H])([2H])Sc2nc(=O)c3c(n2CC(=O)N(CCN(CC)CC)Cc2c([2H])c([2H])c(-c4c([2H])c([2H])c(C(F)(F)F)c(C)c4[2H])c([2H])c2[2H])CCC3)c([2H])c([2H])c1F.[2H]c1c([2H])c(C([2H])([2H])Sc2nc(=O)c3c(n2CC(=O)N(CCN(CC)CC)Cc2ccc(-c4ccc(C(F)(F)F)cc4)cc2)C([2H])([2H])C([2H])(C)C3([2H])[2H])c([2H])c([2H])c1F.[2H]c1c([2H])c(C([2H])([2H])Sc2nc(=O)c3c(n2CC(=O)N(CCN(CC)CC)Cc2ccc(-c4ccc(C(F)(F)F)cc4)cc2)CCC3)c([2H])c([2H])c1F. The van der Waals surface area contributed by atoms with E-state index in [0.717, 1.165) is 61.3 Å². The lowest BCUT2D eigenvalue weighted by Crippen LogP contribution is -2.40. The molecule has 3 heterocycles. The second-order valence-corrected chi connectivity index (χ2v) is 35.2. The van der Waals surface area contributed by atoms with Crippen molar-refractivity contribution < 1.29 is 108 Å². The van der Waals surface area contributed by atoms with Gasteiger partial charge in [-0.2, -0.15) is 54.5 Å². The summed E-state index contributed by atoms with van der Waals surface area (Å²) in [7, 11) is 0. The Bertz CT molecular complexity index is 8220. The Hall–Kier alpha value is -11.9. The van der Waals surface area contributed by atoms with Gasteiger partial charge in [-0.25, -0.2) is 13.2 Å². The summed E-state index contributed by atoms with van der Waals surface area (Å²) in [5.41, 5.74) is -15.7. The third-order valence-electron chi connectivity index (χ3n) is 23.7. The number of rotatable bonds is 39. The molecule has 3 aromatic heterocycles. The normalized spacial score (nSPS) is 17.9. The number of fused-ring (bicyclic) bond motifs is 3. The number of carbonyl (C=O) groups excluding carboxylic acids is 3. The van der Waals surface area contributed by atoms with E-state index in [9.17, 15) is 81.5 Å². The van der Waals surface area contributed by atoms with Crippen LogP contribution >= 0.6 is 35.3 Å². The maximum atomic E-state index is 14.5. The zero-order valence-electron chi connectivity index (χ0n) is 109. The summed E-state index contributed by atoms with van der Waals surface area (Å²) in [5.74, 6) is -8.93. The summed E-state index contributed by atoms with van der Waals surface area (Å²) in [5, 5.41) is -1.28. The van der Waals surface area contributed by atoms with Crippen LogP contribution in [0, 0.1) is 30.3 Å². The molecule has 0 N–H and O–H groups in total. The summed E-state index contributed by atoms with van der Waals surface area (Å²) in [6.45, 7) is 16.4. The highest BCUT2D eigenvalue weighted by atomic mass is 32.2. The molecule has 12 aromatic rings. The smallest absolute Gasteiger partial charge is 0.336 e. The van der Waals surface area contributed by atoms with Crippen LogP contribution in [0.25, 0.3) is 33.4 Å². The van der Waals surface area contributed by atoms with Gasteiger partial charge in [0.15, 0.2) is 15.5 Å². The number of aromatic nitrogens is 6. The quantitative estimate of drug-likeness (QED) is 0.0202. The molecule has 0 saturated heterocycles. The Kier molecular flexibility index (Phi) is 25.9. The Morgan fingerprint density at radius 2 is 0.692 bits per heavy atom. The fourth-order valence-corrected chi connectivity index (χ4v) is 17.9. The molecule has 143 heavy (non-hydrogen) atoms. The molecule has 3 amide bonds. The van der Waals surface area contributed by atoms with Crippen molar-refractivity contribution in [3.63, 3.8) is 0 Å². The van der Waals surface area contributed by atoms with Gasteiger partial charge in [-0.3, -0.25) is 28.8 Å². The van der Waals surface area contributed by atoms with Crippen LogP contribution < -0.4 is 16.7 Å². The van der Waals surface area contributed by atoms with Gasteiger partial charge >= 0.3 is 18.5 Å². The van der Waals surface area contributed by atoms with Crippen LogP contribution in [0.5, 0.6) is 0 Å². The minimum absolute atomic E-state index is 0.00760. The van der Waals surface area contributed by atoms with Gasteiger partial charge < -0.3 is 43.1 Å². The van der Waals surface area contributed by atoms with Crippen molar-refractivity contribution in [2.24, 2.45) is 5.89 Å². The van der Waals surface area contributed by atoms with Gasteiger partial charge in [0, 0.05) is 125 Å². The highest BCUT2D eigenvalue weighted by Gasteiger charge is 2.36. The van der Waals surface area contributed by atoms with E-state index in [-0.39, 0.29) is 103 Å². The van der Waals surface area contributed by atoms with Crippen LogP contribution in [-0.2, 0) is 128 Å². The lowest BCUT2D eigenvalue weighted by Gasteiger charge is -2.28. The number of thioether (sulfide) groups is 3. The number of likely N-dealkylation sites (N-methyl/N-ethyl adjacent to an activating group) is 3. The number of carbonyl (C=O) groups is 3. The highest BCUT2D eigenvalue weighted by molar-refractivity contribution is 7.98. The molecule has 3 aliphatic rings. The molecule has 756 valence electrons. The first-order chi connectivity index (χ1) is 80.5. The minimum atomic E-state index is -5.10. The van der Waals surface area contributed by atoms with Gasteiger partial charge in [-0.05, 0) is 242 Å². The number of nitrogens with zero attached hydrogens (tertiary/aromatic N) is 12. The van der Waals surface area contributed by atoms with E-state index in [0.29, 0.717) is 128 Å². The van der Waals surface area contributed by atoms with Crippen molar-refractivity contribution in [3.8, 4) is 33.4 Å². The molecule has 15 rings (SSSR count). The maximum Gasteiger partial charge on any atom is 0.416 e. The number of amides is 3. The van der Waals surface area contributed by atoms with E-state index < -0.39 is 301 Å². The average Bonchev–Trinajstić information content (AvgIpc) is 1.52. The standard InChI is InChI=1S/2C37H40F4N4O2S.C36H38F4N4O2S/c1-4-43(5-2)18-19-44(22-26-6-10-28(11-7-26)29-12-14-30(15-13-29)37(39,40)41)34(46)23-45-33-21-25(3)20-32(33)35(47)42-36(45)48-24-27-8-16-31(38)17-9-27;1-4-43(5-2)19-20-44(22-26-9-13-28(14-10-26)29-15-18-32(25(3)21-29)37(39,40)41)34(46)23-45-33-8-6-7-31(33)35(47)42-36(45)48-24-27-11-16-30(38)17-12-27;1-3-42(4-2)20-21-43(22-25-8-12-27(13-9-25)28-14-16-29(17-15-28)36(38,39)40)33(45)23-44-32-7-5-6-31(32)34(46)41-35(44)47-24-26-10-18-30(37)19-11-26/h6-17,25H,4-5,18-24H2,1-3H3;9-18,21H,4-8,19-20,22-24H2,1-3H3;8-19H,3-7,20-24H2,1-2H3/i8D,9D,16D,17D,20D2,21D2,24D2,25D;9D,10D,11D,12D,13D,14D,15D,16D,17D,18D,21D,24D2;10D,11D,18D,19D,24D2. The van der Waals surface area contributed by atoms with E-state index >= 15 is 0 Å². The third kappa shape index (κ3) is 29.5. The summed E-state index contributed by atoms with van der Waals surface area (Å²) in [6, 6.07) is 4.15. The molecule has 0 saturated carbocycles. The molecule has 0 bridgehead atoms. The van der Waals surface area contributed by atoms with E-state index in [4.69, 9.17) is 41.1 Å². The number of hydrogen-bond donors (Lipinski definition) is 0. The largest absolute Gasteiger partial charge is 0.416 e. The number of halogens is 12. The zero-order chi connectivity index (χ0) is 129. The van der Waals surface area contributed by atoms with E-state index in [1.165, 1.54) is 43.2 Å². The molecular weight excluding hydrogens is 1910 g/mol. The Morgan fingerprint density at radius 3 is 1.02 bits per heavy atom. The van der Waals surface area contributed by atoms with Crippen LogP contribution in [0.4, 0.5) is 52.7 Å². The second-order valence-electron chi connectivity index (χ2n) is 32.9. The molecule has 0 fully saturated rings. The molecule has 9 aromatic carbocycles. The molecule has 1 unspecified atom stereocenters. The van der Waals surface area contributed by atoms with Crippen LogP contribution in [0.15, 0.2) is 242 Å². The van der Waals surface area contributed by atoms with Crippen LogP contribution in [0.1, 0.15) is 192 Å². The molecule has 0 radical (unpaired) electrons. The Morgan fingerprint density at radius 1 is 0.385 bits per heavy atom. The molecule has 18 nitrogen and oxygen atoms in total. The zero-order valence-corrected chi connectivity index (χ0v) is 81.2. The van der Waals surface area contributed by atoms with Crippen molar-refractivity contribution in [3.05, 3.63) is 350 Å². The molecule has 3 aliphatic carbocycles. The van der Waals surface area contributed by atoms with Crippen molar-refractivity contribution in [2.75, 3.05) is 78.5 Å². The van der Waals surface area contributed by atoms with Crippen LogP contribution in [0.3, 0.4) is 0 Å². The average molecular weight is 2060 g/mol. The predicted molar refractivity (Wildman–Crippen MR) is 539 cm³/mol. The number of alkyl halides is 9. The maximum absolute atomic E-state index is 14.5. The second kappa shape index (κ2) is 50.1. The first-order valence-electron chi connectivity index (χ1n) is 60.6. The van der Waals surface area contributed by atoms with Gasteiger partial charge in [0.25, 0.3) is 16.7 Å². The van der Waals surface area contributed by atoms with Crippen LogP contribution in [0.2, 0.25) is 0 Å². The summed E-state index contributed by atoms with van der Waals surface area (Å²) in [6.07, 6.45) is -17.6. The molecule has 33 heteroatoms. The van der Waals surface area contributed by atoms with Gasteiger partial charge in [-0.15, -0.1) is 0 Å². The molecule has 1 atom stereocenters. The van der Waals surface area contributed by atoms with Crippen molar-refractivity contribution >= 4 is 53.0 Å². The first-order valence-corrected chi connectivity index (χ1v) is 48.0. The van der Waals surface area contributed by atoms with Crippen molar-refractivity contribution in [1.82, 2.24) is 58.1 Å². The van der Waals surface area contributed by atoms with E-state index in [2.05, 4.69) is 19.9 Å². The van der Waals surface area contributed by atoms with Crippen LogP contribution in [-0.4, -0.2) is 154 Å². The van der Waals surface area contributed by atoms with Gasteiger partial charge in [0.05, 0.1) is 42.7 Å². The highest BCUT2D eigenvalue weighted by Crippen LogP contribution is 2.39. The van der Waals surface area contributed by atoms with E-state index in [1.807, 2.05) is 51.3 Å². The van der Waals surface area contributed by atoms with Gasteiger partial charge in [0.1, 0.15) is 37.1 Å². The fourth-order valence-electron chi connectivity index (χ4n) is 15.8. The first kappa shape index (κ1) is 74.1. The van der Waals surface area contributed by atoms with Gasteiger partial charge in [-0.1, -0.05) is 229 Å². The van der Waals surface area contributed by atoms with Crippen molar-refractivity contribution in [1.29, 1.82) is 0 Å². The molecular formula is C110H118F12N12O6S3. The lowest BCUT2D eigenvalue weighted by molar-refractivity contribution is -0.138. The molecule has 0 spiro atoms. The predicted octanol–water partition coefficient (Wildman–Crippen LogP) is 22.2. The van der Waals surface area contributed by atoms with Crippen molar-refractivity contribution in [2.45, 2.75) is 197 Å². The number of benzene rings is 9. The Balaban J connectivity index is 0.000000212. The third-order valence-corrected chi connectivity index (χ3v) is 26.1. The number of hydrogen-bond acceptors (Lipinski definition) is 15. The lowest BCUT2D eigenvalue weighted by atomic mass is 9.98. The Labute approximate surface area is 880 Å². The summed E-state index contributed by atoms with van der Waals surface area (Å²) in [4.78, 5) is 106. The topological polar surface area (TPSA) is 175 Å². The van der Waals surface area contributed by atoms with Gasteiger partial charge in [0.2, 0.25) is 17.7 Å². The van der Waals surface area contributed by atoms with E-state index in [1.54, 1.807) is 53.4 Å². The fraction of sp³-hybridized carbons (Fsp3) is 0.373. The summed E-state index contributed by atoms with van der Waals surface area (Å²) < 4.78 is 421. The minimum Gasteiger partial charge on any atom is -0.336 e. The summed E-state index contributed by atoms with van der Waals surface area (Å²) >= 11 is 0.581.